The summed E-state index contributed by atoms with van der Waals surface area (Å²) in [4.78, 5) is 13.4. The van der Waals surface area contributed by atoms with E-state index in [1.54, 1.807) is 7.05 Å². The van der Waals surface area contributed by atoms with E-state index in [1.165, 1.54) is 11.0 Å². The van der Waals surface area contributed by atoms with E-state index >= 15 is 0 Å². The van der Waals surface area contributed by atoms with Crippen LogP contribution in [0.3, 0.4) is 0 Å². The van der Waals surface area contributed by atoms with E-state index in [2.05, 4.69) is 5.32 Å². The summed E-state index contributed by atoms with van der Waals surface area (Å²) in [5.41, 5.74) is -0.263. The minimum atomic E-state index is -3.06. The fourth-order valence-electron chi connectivity index (χ4n) is 2.42. The molecule has 1 atom stereocenters. The zero-order valence-electron chi connectivity index (χ0n) is 12.2. The monoisotopic (exact) mass is 332 g/mol. The van der Waals surface area contributed by atoms with Crippen molar-refractivity contribution in [2.45, 2.75) is 18.9 Å². The summed E-state index contributed by atoms with van der Waals surface area (Å²) in [7, 11) is -1.50. The Morgan fingerprint density at radius 1 is 1.36 bits per heavy atom. The summed E-state index contributed by atoms with van der Waals surface area (Å²) in [5, 5.41) is 2.56. The van der Waals surface area contributed by atoms with E-state index in [0.717, 1.165) is 12.1 Å². The van der Waals surface area contributed by atoms with Gasteiger partial charge in [-0.15, -0.1) is 0 Å². The largest absolute Gasteiger partial charge is 0.380 e. The Morgan fingerprint density at radius 3 is 2.55 bits per heavy atom. The molecule has 2 rings (SSSR count). The molecule has 0 saturated carbocycles. The number of rotatable bonds is 5. The lowest BCUT2D eigenvalue weighted by Gasteiger charge is -2.23. The van der Waals surface area contributed by atoms with Crippen molar-refractivity contribution < 1.29 is 22.0 Å². The SMILES string of the molecule is CN(C(=O)CCNc1c(F)cccc1F)C1CCS(=O)(=O)C1. The maximum Gasteiger partial charge on any atom is 0.224 e. The molecule has 1 aromatic rings. The molecule has 1 aliphatic rings. The lowest BCUT2D eigenvalue weighted by Crippen LogP contribution is -2.38. The van der Waals surface area contributed by atoms with Gasteiger partial charge in [-0.25, -0.2) is 17.2 Å². The summed E-state index contributed by atoms with van der Waals surface area (Å²) in [6.07, 6.45) is 0.459. The third kappa shape index (κ3) is 3.94. The molecule has 0 aromatic heterocycles. The van der Waals surface area contributed by atoms with Gasteiger partial charge in [0.25, 0.3) is 0 Å². The Hall–Kier alpha value is -1.70. The molecular formula is C14H18F2N2O3S. The van der Waals surface area contributed by atoms with E-state index in [-0.39, 0.29) is 42.1 Å². The van der Waals surface area contributed by atoms with Crippen LogP contribution in [0.2, 0.25) is 0 Å². The lowest BCUT2D eigenvalue weighted by atomic mass is 10.2. The summed E-state index contributed by atoms with van der Waals surface area (Å²) in [5.74, 6) is -1.63. The van der Waals surface area contributed by atoms with Crippen LogP contribution in [-0.4, -0.2) is 50.4 Å². The minimum absolute atomic E-state index is 0.0232. The number of anilines is 1. The smallest absolute Gasteiger partial charge is 0.224 e. The van der Waals surface area contributed by atoms with Gasteiger partial charge in [-0.3, -0.25) is 4.79 Å². The highest BCUT2D eigenvalue weighted by Crippen LogP contribution is 2.19. The topological polar surface area (TPSA) is 66.5 Å². The van der Waals surface area contributed by atoms with Crippen molar-refractivity contribution in [3.05, 3.63) is 29.8 Å². The number of carbonyl (C=O) groups is 1. The Morgan fingerprint density at radius 2 is 2.00 bits per heavy atom. The molecule has 1 aliphatic heterocycles. The van der Waals surface area contributed by atoms with Crippen LogP contribution in [0.15, 0.2) is 18.2 Å². The molecule has 5 nitrogen and oxygen atoms in total. The predicted molar refractivity (Wildman–Crippen MR) is 79.3 cm³/mol. The van der Waals surface area contributed by atoms with Crippen LogP contribution < -0.4 is 5.32 Å². The molecule has 122 valence electrons. The highest BCUT2D eigenvalue weighted by atomic mass is 32.2. The molecule has 0 bridgehead atoms. The van der Waals surface area contributed by atoms with Crippen LogP contribution in [0.4, 0.5) is 14.5 Å². The van der Waals surface area contributed by atoms with E-state index in [1.807, 2.05) is 0 Å². The van der Waals surface area contributed by atoms with Gasteiger partial charge in [0, 0.05) is 26.1 Å². The normalized spacial score (nSPS) is 19.9. The quantitative estimate of drug-likeness (QED) is 0.885. The van der Waals surface area contributed by atoms with Gasteiger partial charge < -0.3 is 10.2 Å². The number of amides is 1. The van der Waals surface area contributed by atoms with Crippen LogP contribution in [0, 0.1) is 11.6 Å². The van der Waals surface area contributed by atoms with Crippen molar-refractivity contribution in [2.24, 2.45) is 0 Å². The molecule has 0 radical (unpaired) electrons. The standard InChI is InChI=1S/C14H18F2N2O3S/c1-18(10-6-8-22(20,21)9-10)13(19)5-7-17-14-11(15)3-2-4-12(14)16/h2-4,10,17H,5-9H2,1H3. The molecule has 1 aromatic carbocycles. The molecule has 1 N–H and O–H groups in total. The van der Waals surface area contributed by atoms with E-state index in [9.17, 15) is 22.0 Å². The molecule has 1 heterocycles. The zero-order chi connectivity index (χ0) is 16.3. The van der Waals surface area contributed by atoms with Crippen molar-refractivity contribution >= 4 is 21.4 Å². The van der Waals surface area contributed by atoms with Crippen molar-refractivity contribution in [2.75, 3.05) is 30.4 Å². The molecule has 0 spiro atoms. The minimum Gasteiger partial charge on any atom is -0.380 e. The third-order valence-corrected chi connectivity index (χ3v) is 5.50. The number of nitrogens with zero attached hydrogens (tertiary/aromatic N) is 1. The Bertz CT molecular complexity index is 644. The first-order chi connectivity index (χ1) is 10.3. The Kier molecular flexibility index (Phi) is 5.00. The first kappa shape index (κ1) is 16.7. The maximum absolute atomic E-state index is 13.4. The van der Waals surface area contributed by atoms with Crippen LogP contribution >= 0.6 is 0 Å². The molecule has 1 fully saturated rings. The number of benzene rings is 1. The van der Waals surface area contributed by atoms with Crippen LogP contribution in [0.1, 0.15) is 12.8 Å². The lowest BCUT2D eigenvalue weighted by molar-refractivity contribution is -0.131. The molecule has 22 heavy (non-hydrogen) atoms. The zero-order valence-corrected chi connectivity index (χ0v) is 13.0. The Labute approximate surface area is 128 Å². The van der Waals surface area contributed by atoms with Crippen molar-refractivity contribution in [1.82, 2.24) is 4.90 Å². The van der Waals surface area contributed by atoms with Crippen LogP contribution in [0.5, 0.6) is 0 Å². The summed E-state index contributed by atoms with van der Waals surface area (Å²) >= 11 is 0. The second-order valence-corrected chi connectivity index (χ2v) is 7.56. The fraction of sp³-hybridized carbons (Fsp3) is 0.500. The van der Waals surface area contributed by atoms with Gasteiger partial charge in [-0.05, 0) is 18.6 Å². The molecule has 8 heteroatoms. The highest BCUT2D eigenvalue weighted by molar-refractivity contribution is 7.91. The van der Waals surface area contributed by atoms with Crippen LogP contribution in [-0.2, 0) is 14.6 Å². The molecular weight excluding hydrogens is 314 g/mol. The van der Waals surface area contributed by atoms with E-state index < -0.39 is 21.5 Å². The van der Waals surface area contributed by atoms with Gasteiger partial charge in [0.15, 0.2) is 9.84 Å². The van der Waals surface area contributed by atoms with Gasteiger partial charge in [-0.2, -0.15) is 0 Å². The van der Waals surface area contributed by atoms with Gasteiger partial charge in [0.1, 0.15) is 17.3 Å². The molecule has 1 amide bonds. The molecule has 1 saturated heterocycles. The number of hydrogen-bond acceptors (Lipinski definition) is 4. The summed E-state index contributed by atoms with van der Waals surface area (Å²) < 4.78 is 49.6. The first-order valence-corrected chi connectivity index (χ1v) is 8.76. The average Bonchev–Trinajstić information content (AvgIpc) is 2.81. The number of sulfone groups is 1. The average molecular weight is 332 g/mol. The number of carbonyl (C=O) groups excluding carboxylic acids is 1. The number of para-hydroxylation sites is 1. The Balaban J connectivity index is 1.85. The number of nitrogens with one attached hydrogen (secondary N) is 1. The van der Waals surface area contributed by atoms with Gasteiger partial charge in [0.05, 0.1) is 11.5 Å². The summed E-state index contributed by atoms with van der Waals surface area (Å²) in [6, 6.07) is 3.20. The fourth-order valence-corrected chi connectivity index (χ4v) is 4.20. The van der Waals surface area contributed by atoms with Crippen LogP contribution in [0.25, 0.3) is 0 Å². The van der Waals surface area contributed by atoms with E-state index in [4.69, 9.17) is 0 Å². The predicted octanol–water partition coefficient (Wildman–Crippen LogP) is 1.41. The summed E-state index contributed by atoms with van der Waals surface area (Å²) in [6.45, 7) is 0.0699. The van der Waals surface area contributed by atoms with Crippen molar-refractivity contribution in [3.8, 4) is 0 Å². The molecule has 1 unspecified atom stereocenters. The number of hydrogen-bond donors (Lipinski definition) is 1. The van der Waals surface area contributed by atoms with Gasteiger partial charge in [0.2, 0.25) is 5.91 Å². The second kappa shape index (κ2) is 6.60. The van der Waals surface area contributed by atoms with E-state index in [0.29, 0.717) is 6.42 Å². The first-order valence-electron chi connectivity index (χ1n) is 6.94. The second-order valence-electron chi connectivity index (χ2n) is 5.33. The van der Waals surface area contributed by atoms with Crippen molar-refractivity contribution in [3.63, 3.8) is 0 Å². The van der Waals surface area contributed by atoms with Crippen molar-refractivity contribution in [1.29, 1.82) is 0 Å². The van der Waals surface area contributed by atoms with Gasteiger partial charge >= 0.3 is 0 Å². The number of halogens is 2. The van der Waals surface area contributed by atoms with Gasteiger partial charge in [-0.1, -0.05) is 6.07 Å². The maximum atomic E-state index is 13.4. The highest BCUT2D eigenvalue weighted by Gasteiger charge is 2.32. The third-order valence-electron chi connectivity index (χ3n) is 3.75. The molecule has 0 aliphatic carbocycles.